The summed E-state index contributed by atoms with van der Waals surface area (Å²) >= 11 is 0. The molecule has 0 radical (unpaired) electrons. The third-order valence-corrected chi connectivity index (χ3v) is 4.56. The van der Waals surface area contributed by atoms with E-state index in [0.29, 0.717) is 19.6 Å². The topological polar surface area (TPSA) is 69.0 Å². The molecule has 0 aliphatic carbocycles. The highest BCUT2D eigenvalue weighted by molar-refractivity contribution is 5.92. The van der Waals surface area contributed by atoms with Crippen LogP contribution in [-0.2, 0) is 22.6 Å². The molecule has 1 atom stereocenters. The van der Waals surface area contributed by atoms with Gasteiger partial charge in [0, 0.05) is 18.1 Å². The van der Waals surface area contributed by atoms with Crippen LogP contribution in [0, 0.1) is 6.92 Å². The number of amides is 1. The molecule has 26 heavy (non-hydrogen) atoms. The average Bonchev–Trinajstić information content (AvgIpc) is 3.04. The van der Waals surface area contributed by atoms with Gasteiger partial charge >= 0.3 is 0 Å². The van der Waals surface area contributed by atoms with Gasteiger partial charge in [0.1, 0.15) is 5.82 Å². The van der Waals surface area contributed by atoms with Crippen LogP contribution in [0.15, 0.2) is 55.0 Å². The van der Waals surface area contributed by atoms with Crippen molar-refractivity contribution >= 4 is 11.6 Å². The van der Waals surface area contributed by atoms with E-state index in [0.717, 1.165) is 28.3 Å². The Morgan fingerprint density at radius 1 is 1.27 bits per heavy atom. The standard InChI is InChI=1S/C20H20N4O2/c1-14-22-11-18-12-26-13-19(24(14)18)16-4-6-17(7-5-16)23-20(25)9-15-3-2-8-21-10-15/h2-8,10-11,19H,9,12-13H2,1H3,(H,23,25)/t19-/m0/s1. The molecule has 0 fully saturated rings. The third kappa shape index (κ3) is 3.36. The number of carbonyl (C=O) groups is 1. The highest BCUT2D eigenvalue weighted by Gasteiger charge is 2.23. The number of pyridine rings is 1. The van der Waals surface area contributed by atoms with Crippen LogP contribution >= 0.6 is 0 Å². The molecule has 6 heteroatoms. The van der Waals surface area contributed by atoms with E-state index in [-0.39, 0.29) is 11.9 Å². The maximum Gasteiger partial charge on any atom is 0.228 e. The predicted octanol–water partition coefficient (Wildman–Crippen LogP) is 2.89. The molecule has 1 aliphatic heterocycles. The van der Waals surface area contributed by atoms with Crippen LogP contribution in [0.2, 0.25) is 0 Å². The fourth-order valence-corrected chi connectivity index (χ4v) is 3.31. The highest BCUT2D eigenvalue weighted by atomic mass is 16.5. The fourth-order valence-electron chi connectivity index (χ4n) is 3.31. The third-order valence-electron chi connectivity index (χ3n) is 4.56. The fraction of sp³-hybridized carbons (Fsp3) is 0.250. The number of aromatic nitrogens is 3. The second-order valence-corrected chi connectivity index (χ2v) is 6.41. The molecule has 1 N–H and O–H groups in total. The number of imidazole rings is 1. The van der Waals surface area contributed by atoms with Crippen molar-refractivity contribution in [1.29, 1.82) is 0 Å². The molecule has 1 aromatic carbocycles. The van der Waals surface area contributed by atoms with E-state index in [4.69, 9.17) is 4.74 Å². The number of nitrogens with one attached hydrogen (secondary N) is 1. The Hall–Kier alpha value is -2.99. The van der Waals surface area contributed by atoms with E-state index in [9.17, 15) is 4.79 Å². The Balaban J connectivity index is 1.46. The number of rotatable bonds is 4. The zero-order valence-corrected chi connectivity index (χ0v) is 14.6. The lowest BCUT2D eigenvalue weighted by atomic mass is 10.1. The molecule has 2 aromatic heterocycles. The zero-order valence-electron chi connectivity index (χ0n) is 14.6. The van der Waals surface area contributed by atoms with Crippen LogP contribution in [0.1, 0.15) is 28.7 Å². The smallest absolute Gasteiger partial charge is 0.228 e. The van der Waals surface area contributed by atoms with Gasteiger partial charge in [0.15, 0.2) is 0 Å². The molecule has 0 saturated carbocycles. The number of benzene rings is 1. The van der Waals surface area contributed by atoms with Crippen LogP contribution in [0.4, 0.5) is 5.69 Å². The molecule has 4 rings (SSSR count). The molecule has 1 aliphatic rings. The molecule has 132 valence electrons. The normalized spacial score (nSPS) is 16.1. The summed E-state index contributed by atoms with van der Waals surface area (Å²) in [5.74, 6) is 0.932. The first-order valence-corrected chi connectivity index (χ1v) is 8.60. The van der Waals surface area contributed by atoms with E-state index in [1.807, 2.05) is 49.5 Å². The Labute approximate surface area is 151 Å². The van der Waals surface area contributed by atoms with Gasteiger partial charge < -0.3 is 14.6 Å². The summed E-state index contributed by atoms with van der Waals surface area (Å²) in [6, 6.07) is 11.7. The molecule has 0 unspecified atom stereocenters. The number of nitrogens with zero attached hydrogens (tertiary/aromatic N) is 3. The van der Waals surface area contributed by atoms with Crippen molar-refractivity contribution in [3.8, 4) is 0 Å². The molecule has 0 spiro atoms. The Morgan fingerprint density at radius 3 is 2.88 bits per heavy atom. The van der Waals surface area contributed by atoms with Gasteiger partial charge in [0.2, 0.25) is 5.91 Å². The van der Waals surface area contributed by atoms with E-state index in [1.165, 1.54) is 0 Å². The number of carbonyl (C=O) groups excluding carboxylic acids is 1. The number of anilines is 1. The lowest BCUT2D eigenvalue weighted by molar-refractivity contribution is -0.115. The minimum absolute atomic E-state index is 0.0560. The van der Waals surface area contributed by atoms with Crippen molar-refractivity contribution in [2.24, 2.45) is 0 Å². The molecule has 0 bridgehead atoms. The van der Waals surface area contributed by atoms with Crippen molar-refractivity contribution in [2.75, 3.05) is 11.9 Å². The van der Waals surface area contributed by atoms with Crippen molar-refractivity contribution < 1.29 is 9.53 Å². The van der Waals surface area contributed by atoms with Gasteiger partial charge in [0.05, 0.1) is 37.6 Å². The summed E-state index contributed by atoms with van der Waals surface area (Å²) in [5, 5.41) is 2.93. The van der Waals surface area contributed by atoms with Crippen LogP contribution in [0.25, 0.3) is 0 Å². The Morgan fingerprint density at radius 2 is 2.12 bits per heavy atom. The van der Waals surface area contributed by atoms with Crippen molar-refractivity contribution in [2.45, 2.75) is 26.0 Å². The quantitative estimate of drug-likeness (QED) is 0.787. The van der Waals surface area contributed by atoms with Gasteiger partial charge in [-0.2, -0.15) is 0 Å². The molecule has 1 amide bonds. The molecular weight excluding hydrogens is 328 g/mol. The van der Waals surface area contributed by atoms with Crippen molar-refractivity contribution in [3.63, 3.8) is 0 Å². The second kappa shape index (κ2) is 7.09. The predicted molar refractivity (Wildman–Crippen MR) is 97.8 cm³/mol. The van der Waals surface area contributed by atoms with Crippen LogP contribution in [0.5, 0.6) is 0 Å². The SMILES string of the molecule is Cc1ncc2n1[C@H](c1ccc(NC(=O)Cc3cccnc3)cc1)COC2. The van der Waals surface area contributed by atoms with Crippen molar-refractivity contribution in [3.05, 3.63) is 77.6 Å². The summed E-state index contributed by atoms with van der Waals surface area (Å²) in [5.41, 5.74) is 3.90. The molecule has 6 nitrogen and oxygen atoms in total. The number of fused-ring (bicyclic) bond motifs is 1. The van der Waals surface area contributed by atoms with Gasteiger partial charge in [-0.3, -0.25) is 9.78 Å². The Bertz CT molecular complexity index is 903. The first kappa shape index (κ1) is 16.5. The molecule has 3 aromatic rings. The lowest BCUT2D eigenvalue weighted by Crippen LogP contribution is -2.25. The Kier molecular flexibility index (Phi) is 4.50. The summed E-state index contributed by atoms with van der Waals surface area (Å²) < 4.78 is 7.92. The van der Waals surface area contributed by atoms with E-state index >= 15 is 0 Å². The highest BCUT2D eigenvalue weighted by Crippen LogP contribution is 2.28. The first-order chi connectivity index (χ1) is 12.7. The number of hydrogen-bond acceptors (Lipinski definition) is 4. The second-order valence-electron chi connectivity index (χ2n) is 6.41. The monoisotopic (exact) mass is 348 g/mol. The molecular formula is C20H20N4O2. The largest absolute Gasteiger partial charge is 0.373 e. The first-order valence-electron chi connectivity index (χ1n) is 8.60. The minimum atomic E-state index is -0.0560. The van der Waals surface area contributed by atoms with Gasteiger partial charge in [-0.05, 0) is 36.2 Å². The average molecular weight is 348 g/mol. The number of ether oxygens (including phenoxy) is 1. The van der Waals surface area contributed by atoms with E-state index in [2.05, 4.69) is 19.9 Å². The maximum absolute atomic E-state index is 12.2. The van der Waals surface area contributed by atoms with Gasteiger partial charge in [-0.15, -0.1) is 0 Å². The summed E-state index contributed by atoms with van der Waals surface area (Å²) in [6.07, 6.45) is 5.58. The number of hydrogen-bond donors (Lipinski definition) is 1. The van der Waals surface area contributed by atoms with E-state index < -0.39 is 0 Å². The van der Waals surface area contributed by atoms with Crippen LogP contribution in [-0.4, -0.2) is 27.0 Å². The molecule has 3 heterocycles. The van der Waals surface area contributed by atoms with Gasteiger partial charge in [-0.1, -0.05) is 18.2 Å². The van der Waals surface area contributed by atoms with Crippen LogP contribution < -0.4 is 5.32 Å². The van der Waals surface area contributed by atoms with Crippen molar-refractivity contribution in [1.82, 2.24) is 14.5 Å². The maximum atomic E-state index is 12.2. The zero-order chi connectivity index (χ0) is 17.9. The van der Waals surface area contributed by atoms with Gasteiger partial charge in [0.25, 0.3) is 0 Å². The number of aryl methyl sites for hydroxylation is 1. The summed E-state index contributed by atoms with van der Waals surface area (Å²) in [6.45, 7) is 3.23. The van der Waals surface area contributed by atoms with Gasteiger partial charge in [-0.25, -0.2) is 4.98 Å². The molecule has 0 saturated heterocycles. The summed E-state index contributed by atoms with van der Waals surface area (Å²) in [4.78, 5) is 20.6. The van der Waals surface area contributed by atoms with E-state index in [1.54, 1.807) is 12.4 Å². The minimum Gasteiger partial charge on any atom is -0.373 e. The summed E-state index contributed by atoms with van der Waals surface area (Å²) in [7, 11) is 0. The van der Waals surface area contributed by atoms with Crippen LogP contribution in [0.3, 0.4) is 0 Å². The lowest BCUT2D eigenvalue weighted by Gasteiger charge is -2.27.